The monoisotopic (exact) mass is 452 g/mol. The van der Waals surface area contributed by atoms with Crippen molar-refractivity contribution in [2.75, 3.05) is 38.3 Å². The average molecular weight is 453 g/mol. The molecule has 178 valence electrons. The highest BCUT2D eigenvalue weighted by molar-refractivity contribution is 5.53. The molecule has 2 aromatic rings. The molecule has 0 saturated carbocycles. The van der Waals surface area contributed by atoms with Crippen LogP contribution in [0.4, 0.5) is 17.3 Å². The predicted octanol–water partition coefficient (Wildman–Crippen LogP) is 4.87. The molecule has 0 spiro atoms. The molecule has 1 aromatic carbocycles. The van der Waals surface area contributed by atoms with Gasteiger partial charge < -0.3 is 15.1 Å². The van der Waals surface area contributed by atoms with Crippen molar-refractivity contribution in [3.63, 3.8) is 0 Å². The molecule has 9 nitrogen and oxygen atoms in total. The lowest BCUT2D eigenvalue weighted by atomic mass is 10.2. The van der Waals surface area contributed by atoms with Gasteiger partial charge in [-0.2, -0.15) is 5.11 Å². The minimum absolute atomic E-state index is 0.391. The van der Waals surface area contributed by atoms with Gasteiger partial charge in [0.05, 0.1) is 26.0 Å². The highest BCUT2D eigenvalue weighted by Gasteiger charge is 2.15. The van der Waals surface area contributed by atoms with Crippen molar-refractivity contribution in [1.29, 1.82) is 5.53 Å². The zero-order valence-electron chi connectivity index (χ0n) is 20.0. The molecule has 3 rings (SSSR count). The van der Waals surface area contributed by atoms with E-state index in [0.29, 0.717) is 6.67 Å². The lowest BCUT2D eigenvalue weighted by Crippen LogP contribution is -2.25. The number of benzene rings is 1. The number of aromatic nitrogens is 2. The molecule has 1 aromatic heterocycles. The second-order valence-electron chi connectivity index (χ2n) is 8.55. The second kappa shape index (κ2) is 13.3. The van der Waals surface area contributed by atoms with Crippen LogP contribution in [0.2, 0.25) is 0 Å². The van der Waals surface area contributed by atoms with E-state index in [0.717, 1.165) is 50.7 Å². The molecule has 9 heteroatoms. The quantitative estimate of drug-likeness (QED) is 0.243. The summed E-state index contributed by atoms with van der Waals surface area (Å²) >= 11 is 0. The third-order valence-electron chi connectivity index (χ3n) is 5.83. The van der Waals surface area contributed by atoms with E-state index in [1.165, 1.54) is 31.4 Å². The lowest BCUT2D eigenvalue weighted by molar-refractivity contribution is -0.657. The molecule has 0 radical (unpaired) electrons. The first kappa shape index (κ1) is 24.4. The smallest absolute Gasteiger partial charge is 0.390 e. The summed E-state index contributed by atoms with van der Waals surface area (Å²) in [6, 6.07) is 8.40. The van der Waals surface area contributed by atoms with Crippen LogP contribution in [0, 0.1) is 5.53 Å². The zero-order chi connectivity index (χ0) is 23.3. The van der Waals surface area contributed by atoms with Crippen LogP contribution in [0.3, 0.4) is 0 Å². The summed E-state index contributed by atoms with van der Waals surface area (Å²) < 4.78 is 4.19. The largest absolute Gasteiger partial charge is 0.421 e. The molecule has 0 bridgehead atoms. The average Bonchev–Trinajstić information content (AvgIpc) is 3.47. The second-order valence-corrected chi connectivity index (χ2v) is 8.55. The Labute approximate surface area is 197 Å². The van der Waals surface area contributed by atoms with Gasteiger partial charge in [0.15, 0.2) is 0 Å². The SMILES string of the molecule is CN(/C=C\NCCCCCCn1cc[n+](C)c1N=Nc1ccc(N2CCCC2)cc1)CN=N. The van der Waals surface area contributed by atoms with Crippen LogP contribution in [0.5, 0.6) is 0 Å². The van der Waals surface area contributed by atoms with Crippen LogP contribution in [-0.2, 0) is 13.6 Å². The summed E-state index contributed by atoms with van der Waals surface area (Å²) in [5, 5.41) is 15.6. The van der Waals surface area contributed by atoms with Crippen molar-refractivity contribution in [1.82, 2.24) is 14.8 Å². The summed E-state index contributed by atoms with van der Waals surface area (Å²) in [6.07, 6.45) is 15.1. The van der Waals surface area contributed by atoms with Crippen LogP contribution >= 0.6 is 0 Å². The lowest BCUT2D eigenvalue weighted by Gasteiger charge is -2.16. The van der Waals surface area contributed by atoms with Crippen LogP contribution in [-0.4, -0.2) is 42.8 Å². The van der Waals surface area contributed by atoms with Crippen LogP contribution in [0.15, 0.2) is 64.4 Å². The van der Waals surface area contributed by atoms with Crippen LogP contribution in [0.1, 0.15) is 38.5 Å². The van der Waals surface area contributed by atoms with Crippen molar-refractivity contribution in [2.45, 2.75) is 45.1 Å². The minimum atomic E-state index is 0.391. The highest BCUT2D eigenvalue weighted by Crippen LogP contribution is 2.24. The first-order valence-corrected chi connectivity index (χ1v) is 11.9. The van der Waals surface area contributed by atoms with Crippen LogP contribution in [0.25, 0.3) is 0 Å². The fourth-order valence-corrected chi connectivity index (χ4v) is 3.91. The predicted molar refractivity (Wildman–Crippen MR) is 131 cm³/mol. The van der Waals surface area contributed by atoms with E-state index in [2.05, 4.69) is 60.6 Å². The maximum Gasteiger partial charge on any atom is 0.421 e. The third kappa shape index (κ3) is 8.00. The number of anilines is 1. The van der Waals surface area contributed by atoms with E-state index in [-0.39, 0.29) is 0 Å². The Morgan fingerprint density at radius 3 is 2.61 bits per heavy atom. The fourth-order valence-electron chi connectivity index (χ4n) is 3.91. The van der Waals surface area contributed by atoms with E-state index in [1.807, 2.05) is 42.2 Å². The van der Waals surface area contributed by atoms with Gasteiger partial charge in [0.2, 0.25) is 0 Å². The Hall–Kier alpha value is -3.23. The van der Waals surface area contributed by atoms with Gasteiger partial charge in [-0.15, -0.1) is 0 Å². The number of imidazole rings is 1. The number of hydrogen-bond acceptors (Lipinski definition) is 7. The molecular formula is C24H38N9+. The van der Waals surface area contributed by atoms with Crippen molar-refractivity contribution < 1.29 is 4.57 Å². The number of nitrogens with zero attached hydrogens (tertiary/aromatic N) is 7. The number of aryl methyl sites for hydroxylation is 2. The summed E-state index contributed by atoms with van der Waals surface area (Å²) in [7, 11) is 3.91. The maximum absolute atomic E-state index is 6.83. The zero-order valence-corrected chi connectivity index (χ0v) is 20.0. The van der Waals surface area contributed by atoms with Crippen molar-refractivity contribution in [3.8, 4) is 0 Å². The van der Waals surface area contributed by atoms with Gasteiger partial charge in [-0.05, 0) is 49.9 Å². The molecule has 2 N–H and O–H groups in total. The fraction of sp³-hybridized carbons (Fsp3) is 0.542. The number of azo groups is 1. The molecule has 1 fully saturated rings. The van der Waals surface area contributed by atoms with Gasteiger partial charge in [-0.1, -0.05) is 18.0 Å². The first-order chi connectivity index (χ1) is 16.2. The number of unbranched alkanes of at least 4 members (excludes halogenated alkanes) is 3. The molecule has 1 saturated heterocycles. The molecule has 0 unspecified atom stereocenters. The first-order valence-electron chi connectivity index (χ1n) is 11.9. The van der Waals surface area contributed by atoms with Crippen molar-refractivity contribution in [3.05, 3.63) is 49.1 Å². The summed E-state index contributed by atoms with van der Waals surface area (Å²) in [5.41, 5.74) is 8.99. The molecule has 33 heavy (non-hydrogen) atoms. The normalized spacial score (nSPS) is 13.9. The van der Waals surface area contributed by atoms with E-state index in [4.69, 9.17) is 5.53 Å². The summed E-state index contributed by atoms with van der Waals surface area (Å²) in [6.45, 7) is 4.59. The Morgan fingerprint density at radius 1 is 1.09 bits per heavy atom. The Bertz CT molecular complexity index is 895. The van der Waals surface area contributed by atoms with E-state index >= 15 is 0 Å². The standard InChI is InChI=1S/C24H38N9/c1-30(21-27-25)18-14-26-13-5-3-4-6-17-33-20-19-31(2)24(33)29-28-22-9-11-23(12-10-22)32-15-7-8-16-32/h9-12,14,18-20,25-26H,3-8,13,15-17,21H2,1-2H3/q+1/b18-14-,27-25?. The number of nitrogens with one attached hydrogen (secondary N) is 2. The van der Waals surface area contributed by atoms with E-state index in [9.17, 15) is 0 Å². The Morgan fingerprint density at radius 2 is 1.85 bits per heavy atom. The molecule has 0 atom stereocenters. The summed E-state index contributed by atoms with van der Waals surface area (Å²) in [5.74, 6) is 0.869. The Balaban J connectivity index is 1.38. The number of rotatable bonds is 14. The molecule has 0 aliphatic carbocycles. The summed E-state index contributed by atoms with van der Waals surface area (Å²) in [4.78, 5) is 4.28. The van der Waals surface area contributed by atoms with Gasteiger partial charge in [-0.25, -0.2) is 14.7 Å². The molecule has 1 aliphatic heterocycles. The molecule has 2 heterocycles. The topological polar surface area (TPSA) is 88.2 Å². The van der Waals surface area contributed by atoms with Gasteiger partial charge in [0.25, 0.3) is 0 Å². The van der Waals surface area contributed by atoms with Gasteiger partial charge in [0, 0.05) is 49.9 Å². The Kier molecular flexibility index (Phi) is 9.87. The highest BCUT2D eigenvalue weighted by atomic mass is 15.3. The third-order valence-corrected chi connectivity index (χ3v) is 5.83. The maximum atomic E-state index is 6.83. The van der Waals surface area contributed by atoms with E-state index in [1.54, 1.807) is 0 Å². The van der Waals surface area contributed by atoms with Crippen molar-refractivity contribution in [2.24, 2.45) is 22.4 Å². The molecule has 1 aliphatic rings. The van der Waals surface area contributed by atoms with Crippen LogP contribution < -0.4 is 14.8 Å². The number of hydrogen-bond donors (Lipinski definition) is 2. The van der Waals surface area contributed by atoms with Gasteiger partial charge >= 0.3 is 5.95 Å². The minimum Gasteiger partial charge on any atom is -0.390 e. The van der Waals surface area contributed by atoms with E-state index < -0.39 is 0 Å². The van der Waals surface area contributed by atoms with Gasteiger partial charge in [0.1, 0.15) is 12.4 Å². The van der Waals surface area contributed by atoms with Gasteiger partial charge in [-0.3, -0.25) is 0 Å². The molecule has 0 amide bonds. The molecular weight excluding hydrogens is 414 g/mol. The van der Waals surface area contributed by atoms with Crippen molar-refractivity contribution >= 4 is 17.3 Å².